The van der Waals surface area contributed by atoms with Gasteiger partial charge in [-0.05, 0) is 104 Å². The molecule has 0 radical (unpaired) electrons. The molecule has 1 amide bonds. The van der Waals surface area contributed by atoms with Crippen molar-refractivity contribution in [2.24, 2.45) is 5.73 Å². The van der Waals surface area contributed by atoms with Gasteiger partial charge in [-0.1, -0.05) is 12.1 Å². The third kappa shape index (κ3) is 7.42. The molecule has 1 fully saturated rings. The van der Waals surface area contributed by atoms with E-state index in [1.165, 1.54) is 6.08 Å². The maximum Gasteiger partial charge on any atom is 0.248 e. The number of allylic oxidation sites excluding steroid dienone is 1. The molecular formula is C34H35N7O2. The molecule has 4 aromatic rings. The van der Waals surface area contributed by atoms with Crippen LogP contribution in [-0.2, 0) is 6.54 Å². The number of carbonyl (C=O) groups excluding carboxylic acids is 1. The number of carbonyl (C=O) groups is 1. The number of aryl methyl sites for hydroxylation is 3. The van der Waals surface area contributed by atoms with Crippen molar-refractivity contribution in [2.75, 3.05) is 18.4 Å². The van der Waals surface area contributed by atoms with Crippen LogP contribution >= 0.6 is 0 Å². The Kier molecular flexibility index (Phi) is 9.08. The van der Waals surface area contributed by atoms with E-state index in [1.54, 1.807) is 30.6 Å². The predicted molar refractivity (Wildman–Crippen MR) is 168 cm³/mol. The molecule has 3 heterocycles. The lowest BCUT2D eigenvalue weighted by molar-refractivity contribution is 0.1000. The van der Waals surface area contributed by atoms with E-state index < -0.39 is 5.91 Å². The van der Waals surface area contributed by atoms with Gasteiger partial charge in [0.15, 0.2) is 0 Å². The molecule has 0 unspecified atom stereocenters. The maximum atomic E-state index is 11.4. The number of pyridine rings is 1. The molecule has 43 heavy (non-hydrogen) atoms. The first-order chi connectivity index (χ1) is 20.8. The number of likely N-dealkylation sites (tertiary alicyclic amines) is 1. The largest absolute Gasteiger partial charge is 0.438 e. The minimum absolute atomic E-state index is 0.227. The number of nitrogens with one attached hydrogen (secondary N) is 1. The Morgan fingerprint density at radius 1 is 1.09 bits per heavy atom. The zero-order chi connectivity index (χ0) is 30.3. The van der Waals surface area contributed by atoms with Gasteiger partial charge in [-0.25, -0.2) is 4.98 Å². The molecule has 1 aliphatic heterocycles. The van der Waals surface area contributed by atoms with Crippen LogP contribution in [0, 0.1) is 32.1 Å². The van der Waals surface area contributed by atoms with Crippen molar-refractivity contribution in [1.82, 2.24) is 19.9 Å². The Bertz CT molecular complexity index is 1660. The van der Waals surface area contributed by atoms with E-state index in [2.05, 4.69) is 20.2 Å². The molecule has 1 aliphatic rings. The van der Waals surface area contributed by atoms with E-state index in [1.807, 2.05) is 63.2 Å². The van der Waals surface area contributed by atoms with Gasteiger partial charge in [-0.3, -0.25) is 14.7 Å². The number of nitrogens with two attached hydrogens (primary N) is 1. The van der Waals surface area contributed by atoms with Crippen LogP contribution in [0.1, 0.15) is 51.1 Å². The monoisotopic (exact) mass is 573 g/mol. The third-order valence-electron chi connectivity index (χ3n) is 7.56. The number of aromatic nitrogens is 3. The highest BCUT2D eigenvalue weighted by Gasteiger charge is 2.22. The van der Waals surface area contributed by atoms with Crippen molar-refractivity contribution in [2.45, 2.75) is 46.2 Å². The molecule has 0 aliphatic carbocycles. The number of hydrogen-bond acceptors (Lipinski definition) is 8. The molecule has 5 rings (SSSR count). The molecule has 0 spiro atoms. The molecule has 2 aromatic heterocycles. The van der Waals surface area contributed by atoms with Gasteiger partial charge in [-0.2, -0.15) is 10.2 Å². The first-order valence-corrected chi connectivity index (χ1v) is 14.3. The van der Waals surface area contributed by atoms with E-state index in [0.717, 1.165) is 77.3 Å². The molecule has 0 atom stereocenters. The summed E-state index contributed by atoms with van der Waals surface area (Å²) in [5.41, 5.74) is 12.5. The fourth-order valence-corrected chi connectivity index (χ4v) is 5.35. The second kappa shape index (κ2) is 13.3. The number of hydrogen-bond donors (Lipinski definition) is 2. The molecule has 1 saturated heterocycles. The average molecular weight is 574 g/mol. The number of anilines is 1. The second-order valence-corrected chi connectivity index (χ2v) is 10.9. The van der Waals surface area contributed by atoms with Gasteiger partial charge >= 0.3 is 0 Å². The summed E-state index contributed by atoms with van der Waals surface area (Å²) in [4.78, 5) is 27.6. The summed E-state index contributed by atoms with van der Waals surface area (Å²) in [5, 5.41) is 12.4. The number of primary amides is 1. The van der Waals surface area contributed by atoms with Crippen molar-refractivity contribution in [1.29, 1.82) is 5.26 Å². The average Bonchev–Trinajstić information content (AvgIpc) is 2.99. The molecular weight excluding hydrogens is 538 g/mol. The Morgan fingerprint density at radius 3 is 2.47 bits per heavy atom. The Balaban J connectivity index is 1.32. The topological polar surface area (TPSA) is 130 Å². The van der Waals surface area contributed by atoms with Crippen molar-refractivity contribution < 1.29 is 9.53 Å². The fourth-order valence-electron chi connectivity index (χ4n) is 5.35. The molecule has 0 bridgehead atoms. The normalized spacial score (nSPS) is 14.0. The van der Waals surface area contributed by atoms with Gasteiger partial charge in [0.25, 0.3) is 0 Å². The number of nitriles is 1. The summed E-state index contributed by atoms with van der Waals surface area (Å²) in [5.74, 6) is 1.30. The predicted octanol–water partition coefficient (Wildman–Crippen LogP) is 5.97. The van der Waals surface area contributed by atoms with Gasteiger partial charge in [0.1, 0.15) is 5.75 Å². The van der Waals surface area contributed by atoms with Crippen LogP contribution in [-0.4, -0.2) is 44.9 Å². The van der Waals surface area contributed by atoms with E-state index in [0.29, 0.717) is 17.4 Å². The zero-order valence-corrected chi connectivity index (χ0v) is 24.7. The SMILES string of the molecule is Cc1cc(-c2cnc(NC3CCN(Cc4ccc(C(N)=O)cc4)CC3)nc2Oc2c(C)cc(/C=C/C#N)cc2C)ccn1. The molecule has 3 N–H and O–H groups in total. The van der Waals surface area contributed by atoms with Crippen LogP contribution in [0.5, 0.6) is 11.6 Å². The Hall–Kier alpha value is -5.07. The number of ether oxygens (including phenoxy) is 1. The molecule has 9 nitrogen and oxygen atoms in total. The smallest absolute Gasteiger partial charge is 0.248 e. The molecule has 218 valence electrons. The summed E-state index contributed by atoms with van der Waals surface area (Å²) < 4.78 is 6.52. The summed E-state index contributed by atoms with van der Waals surface area (Å²) in [6.07, 6.45) is 8.72. The number of benzene rings is 2. The number of nitrogens with zero attached hydrogens (tertiary/aromatic N) is 5. The molecule has 9 heteroatoms. The van der Waals surface area contributed by atoms with Crippen LogP contribution in [0.25, 0.3) is 17.2 Å². The van der Waals surface area contributed by atoms with Gasteiger partial charge in [0.2, 0.25) is 17.7 Å². The van der Waals surface area contributed by atoms with Crippen LogP contribution in [0.15, 0.2) is 67.0 Å². The summed E-state index contributed by atoms with van der Waals surface area (Å²) in [6.45, 7) is 8.61. The molecule has 0 saturated carbocycles. The quantitative estimate of drug-likeness (QED) is 0.234. The summed E-state index contributed by atoms with van der Waals surface area (Å²) in [6, 6.07) is 17.7. The van der Waals surface area contributed by atoms with Crippen LogP contribution in [0.3, 0.4) is 0 Å². The van der Waals surface area contributed by atoms with E-state index in [-0.39, 0.29) is 6.04 Å². The van der Waals surface area contributed by atoms with Gasteiger partial charge in [0.05, 0.1) is 11.6 Å². The lowest BCUT2D eigenvalue weighted by Crippen LogP contribution is -2.39. The standard InChI is InChI=1S/C34H35N7O2/c1-22-17-26(5-4-13-35)18-23(2)31(22)43-33-30(28-10-14-37-24(3)19-28)20-38-34(40-33)39-29-11-15-41(16-12-29)21-25-6-8-27(9-7-25)32(36)42/h4-10,14,17-20,29H,11-12,15-16,21H2,1-3H3,(H2,36,42)(H,38,39,40)/b5-4+. The minimum Gasteiger partial charge on any atom is -0.438 e. The van der Waals surface area contributed by atoms with Gasteiger partial charge in [-0.15, -0.1) is 0 Å². The lowest BCUT2D eigenvalue weighted by Gasteiger charge is -2.32. The van der Waals surface area contributed by atoms with Crippen molar-refractivity contribution in [3.05, 3.63) is 101 Å². The Morgan fingerprint density at radius 2 is 1.81 bits per heavy atom. The summed E-state index contributed by atoms with van der Waals surface area (Å²) in [7, 11) is 0. The first-order valence-electron chi connectivity index (χ1n) is 14.3. The number of amides is 1. The van der Waals surface area contributed by atoms with E-state index >= 15 is 0 Å². The Labute approximate surface area is 252 Å². The minimum atomic E-state index is -0.411. The van der Waals surface area contributed by atoms with Crippen LogP contribution < -0.4 is 15.8 Å². The highest BCUT2D eigenvalue weighted by atomic mass is 16.5. The maximum absolute atomic E-state index is 11.4. The van der Waals surface area contributed by atoms with Gasteiger partial charge in [0, 0.05) is 55.4 Å². The number of piperidine rings is 1. The van der Waals surface area contributed by atoms with E-state index in [9.17, 15) is 4.79 Å². The van der Waals surface area contributed by atoms with E-state index in [4.69, 9.17) is 20.7 Å². The zero-order valence-electron chi connectivity index (χ0n) is 24.7. The summed E-state index contributed by atoms with van der Waals surface area (Å²) >= 11 is 0. The second-order valence-electron chi connectivity index (χ2n) is 10.9. The highest BCUT2D eigenvalue weighted by Crippen LogP contribution is 2.36. The van der Waals surface area contributed by atoms with Gasteiger partial charge < -0.3 is 15.8 Å². The van der Waals surface area contributed by atoms with Crippen LogP contribution in [0.2, 0.25) is 0 Å². The first kappa shape index (κ1) is 29.4. The highest BCUT2D eigenvalue weighted by molar-refractivity contribution is 5.92. The number of rotatable bonds is 9. The van der Waals surface area contributed by atoms with Crippen molar-refractivity contribution in [3.63, 3.8) is 0 Å². The molecule has 2 aromatic carbocycles. The third-order valence-corrected chi connectivity index (χ3v) is 7.56. The fraction of sp³-hybridized carbons (Fsp3) is 0.265. The lowest BCUT2D eigenvalue weighted by atomic mass is 10.0. The van der Waals surface area contributed by atoms with Crippen molar-refractivity contribution in [3.8, 4) is 28.8 Å². The van der Waals surface area contributed by atoms with Crippen LogP contribution in [0.4, 0.5) is 5.95 Å². The van der Waals surface area contributed by atoms with Crippen molar-refractivity contribution >= 4 is 17.9 Å².